The molecule has 0 rings (SSSR count). The molecule has 6 nitrogen and oxygen atoms in total. The van der Waals surface area contributed by atoms with Gasteiger partial charge in [0, 0.05) is 12.4 Å². The Bertz CT molecular complexity index is 570. The highest BCUT2D eigenvalue weighted by atomic mass is 32.2. The molecule has 0 aliphatic rings. The monoisotopic (exact) mass is 506 g/mol. The Balaban J connectivity index is 3.79. The van der Waals surface area contributed by atoms with Crippen molar-refractivity contribution in [3.63, 3.8) is 0 Å². The average molecular weight is 507 g/mol. The third kappa shape index (κ3) is 22.3. The zero-order valence-electron chi connectivity index (χ0n) is 22.3. The number of carbonyl (C=O) groups excluding carboxylic acids is 2. The van der Waals surface area contributed by atoms with Crippen LogP contribution in [-0.4, -0.2) is 34.7 Å². The number of unbranched alkanes of at least 4 members (excludes halogenated alkanes) is 14. The summed E-state index contributed by atoms with van der Waals surface area (Å²) in [5.74, 6) is -0.387. The molecule has 0 heterocycles. The van der Waals surface area contributed by atoms with E-state index in [1.807, 2.05) is 12.2 Å². The van der Waals surface area contributed by atoms with Crippen LogP contribution in [0.2, 0.25) is 0 Å². The van der Waals surface area contributed by atoms with Crippen LogP contribution in [-0.2, 0) is 9.59 Å². The van der Waals surface area contributed by atoms with Gasteiger partial charge in [-0.25, -0.2) is 10.9 Å². The van der Waals surface area contributed by atoms with E-state index in [9.17, 15) is 9.59 Å². The molecule has 2 atom stereocenters. The number of thioether (sulfide) groups is 1. The summed E-state index contributed by atoms with van der Waals surface area (Å²) >= 11 is 1.30. The average Bonchev–Trinajstić information content (AvgIpc) is 2.85. The Kier molecular flexibility index (Phi) is 23.8. The number of amides is 2. The summed E-state index contributed by atoms with van der Waals surface area (Å²) in [6.07, 6.45) is 26.0. The molecule has 0 aromatic rings. The predicted molar refractivity (Wildman–Crippen MR) is 154 cm³/mol. The van der Waals surface area contributed by atoms with Crippen LogP contribution in [0.3, 0.4) is 0 Å². The molecule has 2 N–H and O–H groups in total. The fourth-order valence-corrected chi connectivity index (χ4v) is 4.39. The quantitative estimate of drug-likeness (QED) is 0.0623. The molecule has 2 unspecified atom stereocenters. The van der Waals surface area contributed by atoms with Gasteiger partial charge < -0.3 is 0 Å². The minimum absolute atomic E-state index is 0.193. The molecule has 35 heavy (non-hydrogen) atoms. The van der Waals surface area contributed by atoms with Gasteiger partial charge in [0.2, 0.25) is 0 Å². The van der Waals surface area contributed by atoms with Crippen LogP contribution in [0.4, 0.5) is 0 Å². The van der Waals surface area contributed by atoms with E-state index in [1.54, 1.807) is 26.3 Å². The Morgan fingerprint density at radius 1 is 0.629 bits per heavy atom. The molecule has 0 spiro atoms. The van der Waals surface area contributed by atoms with Crippen LogP contribution in [0, 0.1) is 0 Å². The van der Waals surface area contributed by atoms with Crippen molar-refractivity contribution in [2.75, 3.05) is 0 Å². The molecule has 0 aliphatic heterocycles. The summed E-state index contributed by atoms with van der Waals surface area (Å²) in [4.78, 5) is 24.4. The number of carbonyl (C=O) groups is 2. The van der Waals surface area contributed by atoms with E-state index < -0.39 is 0 Å². The minimum atomic E-state index is -0.376. The van der Waals surface area contributed by atoms with Crippen LogP contribution in [0.1, 0.15) is 117 Å². The Labute approximate surface area is 218 Å². The van der Waals surface area contributed by atoms with Crippen molar-refractivity contribution >= 4 is 36.0 Å². The SMILES string of the molecule is C=CCCCCCCCCC=NNC(=O)C(C)SC(C)C(=O)NN=CCCCCCCCCC=C. The second kappa shape index (κ2) is 25.2. The standard InChI is InChI=1S/C28H50N4O2S/c1-5-7-9-11-13-15-17-19-21-23-29-31-27(33)25(3)35-26(4)28(34)32-30-24-22-20-18-16-14-12-10-8-6-2/h5-6,23-26H,1-2,7-22H2,3-4H3,(H,31,33)(H,32,34). The minimum Gasteiger partial charge on any atom is -0.272 e. The number of hydrazone groups is 2. The maximum Gasteiger partial charge on any atom is 0.252 e. The zero-order chi connectivity index (χ0) is 26.0. The van der Waals surface area contributed by atoms with Crippen molar-refractivity contribution < 1.29 is 9.59 Å². The van der Waals surface area contributed by atoms with Gasteiger partial charge >= 0.3 is 0 Å². The molecule has 0 aromatic carbocycles. The second-order valence-corrected chi connectivity index (χ2v) is 10.7. The van der Waals surface area contributed by atoms with Gasteiger partial charge in [-0.1, -0.05) is 63.5 Å². The lowest BCUT2D eigenvalue weighted by atomic mass is 10.1. The van der Waals surface area contributed by atoms with Gasteiger partial charge in [-0.05, 0) is 65.2 Å². The molecule has 2 amide bonds. The van der Waals surface area contributed by atoms with Gasteiger partial charge in [0.15, 0.2) is 0 Å². The first kappa shape index (κ1) is 33.1. The molecule has 0 aromatic heterocycles. The molecule has 7 heteroatoms. The summed E-state index contributed by atoms with van der Waals surface area (Å²) in [5.41, 5.74) is 5.15. The van der Waals surface area contributed by atoms with Gasteiger partial charge in [-0.15, -0.1) is 24.9 Å². The summed E-state index contributed by atoms with van der Waals surface area (Å²) in [6.45, 7) is 11.1. The van der Waals surface area contributed by atoms with Gasteiger partial charge in [-0.2, -0.15) is 10.2 Å². The van der Waals surface area contributed by atoms with Gasteiger partial charge in [0.1, 0.15) is 0 Å². The number of rotatable bonds is 24. The van der Waals surface area contributed by atoms with E-state index in [0.29, 0.717) is 0 Å². The lowest BCUT2D eigenvalue weighted by molar-refractivity contribution is -0.120. The van der Waals surface area contributed by atoms with Gasteiger partial charge in [0.05, 0.1) is 10.5 Å². The Morgan fingerprint density at radius 2 is 0.943 bits per heavy atom. The lowest BCUT2D eigenvalue weighted by Gasteiger charge is -2.14. The van der Waals surface area contributed by atoms with Crippen molar-refractivity contribution in [2.45, 2.75) is 127 Å². The fraction of sp³-hybridized carbons (Fsp3) is 0.714. The van der Waals surface area contributed by atoms with Gasteiger partial charge in [-0.3, -0.25) is 9.59 Å². The zero-order valence-corrected chi connectivity index (χ0v) is 23.1. The van der Waals surface area contributed by atoms with Crippen LogP contribution >= 0.6 is 11.8 Å². The highest BCUT2D eigenvalue weighted by Gasteiger charge is 2.21. The molecular weight excluding hydrogens is 456 g/mol. The number of hydrogen-bond acceptors (Lipinski definition) is 5. The van der Waals surface area contributed by atoms with Crippen molar-refractivity contribution in [1.82, 2.24) is 10.9 Å². The van der Waals surface area contributed by atoms with E-state index in [2.05, 4.69) is 34.2 Å². The van der Waals surface area contributed by atoms with Crippen molar-refractivity contribution in [1.29, 1.82) is 0 Å². The molecule has 0 saturated carbocycles. The molecule has 0 saturated heterocycles. The lowest BCUT2D eigenvalue weighted by Crippen LogP contribution is -2.33. The summed E-state index contributed by atoms with van der Waals surface area (Å²) < 4.78 is 0. The summed E-state index contributed by atoms with van der Waals surface area (Å²) in [7, 11) is 0. The first-order valence-electron chi connectivity index (χ1n) is 13.5. The maximum atomic E-state index is 12.2. The van der Waals surface area contributed by atoms with Crippen LogP contribution < -0.4 is 10.9 Å². The summed E-state index contributed by atoms with van der Waals surface area (Å²) in [6, 6.07) is 0. The molecule has 0 radical (unpaired) electrons. The smallest absolute Gasteiger partial charge is 0.252 e. The first-order chi connectivity index (χ1) is 17.0. The van der Waals surface area contributed by atoms with Crippen molar-refractivity contribution in [3.8, 4) is 0 Å². The largest absolute Gasteiger partial charge is 0.272 e. The second-order valence-electron chi connectivity index (χ2n) is 8.97. The molecule has 0 aliphatic carbocycles. The van der Waals surface area contributed by atoms with Gasteiger partial charge in [0.25, 0.3) is 11.8 Å². The highest BCUT2D eigenvalue weighted by molar-refractivity contribution is 8.01. The third-order valence-electron chi connectivity index (χ3n) is 5.66. The van der Waals surface area contributed by atoms with E-state index in [0.717, 1.165) is 38.5 Å². The normalized spacial score (nSPS) is 13.1. The topological polar surface area (TPSA) is 82.9 Å². The van der Waals surface area contributed by atoms with Crippen molar-refractivity contribution in [2.24, 2.45) is 10.2 Å². The third-order valence-corrected chi connectivity index (χ3v) is 6.91. The number of allylic oxidation sites excluding steroid dienone is 2. The van der Waals surface area contributed by atoms with E-state index >= 15 is 0 Å². The summed E-state index contributed by atoms with van der Waals surface area (Å²) in [5, 5.41) is 7.32. The maximum absolute atomic E-state index is 12.2. The van der Waals surface area contributed by atoms with E-state index in [4.69, 9.17) is 0 Å². The van der Waals surface area contributed by atoms with Crippen LogP contribution in [0.5, 0.6) is 0 Å². The molecule has 200 valence electrons. The van der Waals surface area contributed by atoms with E-state index in [-0.39, 0.29) is 22.3 Å². The first-order valence-corrected chi connectivity index (χ1v) is 14.5. The number of nitrogens with zero attached hydrogens (tertiary/aromatic N) is 2. The molecule has 0 bridgehead atoms. The highest BCUT2D eigenvalue weighted by Crippen LogP contribution is 2.18. The predicted octanol–water partition coefficient (Wildman–Crippen LogP) is 7.31. The van der Waals surface area contributed by atoms with E-state index in [1.165, 1.54) is 76.0 Å². The van der Waals surface area contributed by atoms with Crippen molar-refractivity contribution in [3.05, 3.63) is 25.3 Å². The van der Waals surface area contributed by atoms with Crippen LogP contribution in [0.15, 0.2) is 35.5 Å². The molecule has 0 fully saturated rings. The Morgan fingerprint density at radius 3 is 1.29 bits per heavy atom. The fourth-order valence-electron chi connectivity index (χ4n) is 3.42. The number of hydrogen-bond donors (Lipinski definition) is 2. The Hall–Kier alpha value is -1.89. The molecular formula is C28H50N4O2S. The van der Waals surface area contributed by atoms with Crippen LogP contribution in [0.25, 0.3) is 0 Å². The number of nitrogens with one attached hydrogen (secondary N) is 2.